The second-order valence-corrected chi connectivity index (χ2v) is 7.58. The van der Waals surface area contributed by atoms with E-state index in [0.29, 0.717) is 23.8 Å². The van der Waals surface area contributed by atoms with Gasteiger partial charge in [0.05, 0.1) is 12.3 Å². The Labute approximate surface area is 174 Å². The van der Waals surface area contributed by atoms with Gasteiger partial charge in [-0.1, -0.05) is 0 Å². The number of rotatable bonds is 7. The quantitative estimate of drug-likeness (QED) is 0.614. The Balaban J connectivity index is 0.00000320. The second-order valence-electron chi connectivity index (χ2n) is 7.58. The van der Waals surface area contributed by atoms with Crippen molar-refractivity contribution in [3.63, 3.8) is 0 Å². The average Bonchev–Trinajstić information content (AvgIpc) is 3.35. The van der Waals surface area contributed by atoms with Crippen LogP contribution in [0.4, 0.5) is 10.6 Å². The molecule has 2 heterocycles. The third-order valence-corrected chi connectivity index (χ3v) is 4.80. The summed E-state index contributed by atoms with van der Waals surface area (Å²) in [6.07, 6.45) is 1.91. The van der Waals surface area contributed by atoms with Gasteiger partial charge >= 0.3 is 6.09 Å². The Morgan fingerprint density at radius 2 is 2.10 bits per heavy atom. The van der Waals surface area contributed by atoms with Gasteiger partial charge in [0.25, 0.3) is 5.91 Å². The maximum absolute atomic E-state index is 12.5. The Hall–Kier alpha value is -2.92. The third kappa shape index (κ3) is 5.80. The van der Waals surface area contributed by atoms with E-state index in [4.69, 9.17) is 9.47 Å². The third-order valence-electron chi connectivity index (χ3n) is 4.80. The summed E-state index contributed by atoms with van der Waals surface area (Å²) in [5.41, 5.74) is 2.02. The van der Waals surface area contributed by atoms with Gasteiger partial charge in [0.1, 0.15) is 11.8 Å². The lowest BCUT2D eigenvalue weighted by molar-refractivity contribution is 0.0979. The molecule has 1 aliphatic rings. The van der Waals surface area contributed by atoms with Crippen LogP contribution in [0.5, 0.6) is 0 Å². The van der Waals surface area contributed by atoms with Crippen molar-refractivity contribution in [2.45, 2.75) is 57.8 Å². The van der Waals surface area contributed by atoms with E-state index in [-0.39, 0.29) is 35.5 Å². The van der Waals surface area contributed by atoms with E-state index in [0.717, 1.165) is 25.0 Å². The second kappa shape index (κ2) is 10.2. The van der Waals surface area contributed by atoms with Crippen molar-refractivity contribution in [3.8, 4) is 0 Å². The molecule has 2 aromatic heterocycles. The molecule has 0 spiro atoms. The summed E-state index contributed by atoms with van der Waals surface area (Å²) in [4.78, 5) is 24.3. The Kier molecular flexibility index (Phi) is 7.95. The summed E-state index contributed by atoms with van der Waals surface area (Å²) >= 11 is 0. The first-order valence-electron chi connectivity index (χ1n) is 9.71. The van der Waals surface area contributed by atoms with Gasteiger partial charge in [0.2, 0.25) is 0 Å². The molecule has 1 aliphatic carbocycles. The lowest BCUT2D eigenvalue weighted by atomic mass is 10.0. The summed E-state index contributed by atoms with van der Waals surface area (Å²) in [5.74, 6) is 0.356. The Morgan fingerprint density at radius 1 is 1.33 bits per heavy atom. The van der Waals surface area contributed by atoms with Gasteiger partial charge in [-0.05, 0) is 39.2 Å². The van der Waals surface area contributed by atoms with Gasteiger partial charge in [0, 0.05) is 37.9 Å². The summed E-state index contributed by atoms with van der Waals surface area (Å²) in [6.45, 7) is 4.12. The number of nitrogens with one attached hydrogen (secondary N) is 3. The standard InChI is InChI=1S/C19H28N6O4.H2O/c1-11(2)20-19(27)29-14-6-5-12(7-14)15-9-17(23-22-15)21-18(26)16-8-13(10-28-4)24-25(16)3;/h8-9,11-12,14H,5-7,10H2,1-4H3,(H,20,27)(H2,21,22,23,26);1H2/t12-,14+;/m0./s1. The number of aromatic nitrogens is 4. The molecular weight excluding hydrogens is 392 g/mol. The van der Waals surface area contributed by atoms with Crippen LogP contribution in [-0.2, 0) is 23.1 Å². The molecular formula is C19H30N6O5. The molecule has 1 saturated carbocycles. The van der Waals surface area contributed by atoms with Crippen molar-refractivity contribution in [2.24, 2.45) is 7.05 Å². The highest BCUT2D eigenvalue weighted by Crippen LogP contribution is 2.35. The van der Waals surface area contributed by atoms with Crippen molar-refractivity contribution in [2.75, 3.05) is 12.4 Å². The highest BCUT2D eigenvalue weighted by molar-refractivity contribution is 6.02. The van der Waals surface area contributed by atoms with Crippen molar-refractivity contribution in [1.29, 1.82) is 0 Å². The predicted octanol–water partition coefficient (Wildman–Crippen LogP) is 1.49. The number of anilines is 1. The van der Waals surface area contributed by atoms with Crippen LogP contribution in [0.15, 0.2) is 12.1 Å². The van der Waals surface area contributed by atoms with Gasteiger partial charge in [-0.3, -0.25) is 14.6 Å². The molecule has 0 unspecified atom stereocenters. The number of hydrogen-bond acceptors (Lipinski definition) is 6. The number of aryl methyl sites for hydroxylation is 1. The van der Waals surface area contributed by atoms with E-state index in [1.54, 1.807) is 20.2 Å². The predicted molar refractivity (Wildman–Crippen MR) is 109 cm³/mol. The molecule has 0 radical (unpaired) electrons. The van der Waals surface area contributed by atoms with E-state index in [1.165, 1.54) is 4.68 Å². The van der Waals surface area contributed by atoms with E-state index in [9.17, 15) is 9.59 Å². The molecule has 0 saturated heterocycles. The summed E-state index contributed by atoms with van der Waals surface area (Å²) in [7, 11) is 3.28. The number of amides is 2. The molecule has 166 valence electrons. The van der Waals surface area contributed by atoms with Crippen LogP contribution >= 0.6 is 0 Å². The first-order chi connectivity index (χ1) is 13.9. The molecule has 0 bridgehead atoms. The zero-order valence-corrected chi connectivity index (χ0v) is 17.7. The zero-order valence-electron chi connectivity index (χ0n) is 17.7. The monoisotopic (exact) mass is 422 g/mol. The van der Waals surface area contributed by atoms with Crippen LogP contribution in [0.2, 0.25) is 0 Å². The summed E-state index contributed by atoms with van der Waals surface area (Å²) in [6, 6.07) is 3.56. The normalized spacial score (nSPS) is 18.2. The fourth-order valence-electron chi connectivity index (χ4n) is 3.50. The highest BCUT2D eigenvalue weighted by atomic mass is 16.6. The average molecular weight is 422 g/mol. The van der Waals surface area contributed by atoms with Crippen LogP contribution in [0.25, 0.3) is 0 Å². The van der Waals surface area contributed by atoms with Crippen LogP contribution in [0, 0.1) is 0 Å². The lowest BCUT2D eigenvalue weighted by Crippen LogP contribution is -2.33. The molecule has 2 aromatic rings. The van der Waals surface area contributed by atoms with Gasteiger partial charge in [-0.25, -0.2) is 4.79 Å². The molecule has 0 aliphatic heterocycles. The minimum absolute atomic E-state index is 0. The lowest BCUT2D eigenvalue weighted by Gasteiger charge is -2.14. The number of nitrogens with zero attached hydrogens (tertiary/aromatic N) is 3. The van der Waals surface area contributed by atoms with E-state index in [2.05, 4.69) is 25.9 Å². The Morgan fingerprint density at radius 3 is 2.80 bits per heavy atom. The van der Waals surface area contributed by atoms with Crippen molar-refractivity contribution in [3.05, 3.63) is 29.2 Å². The number of alkyl carbamates (subject to hydrolysis) is 1. The molecule has 0 aromatic carbocycles. The number of H-pyrrole nitrogens is 1. The number of aromatic amines is 1. The van der Waals surface area contributed by atoms with Gasteiger partial charge in [-0.2, -0.15) is 10.2 Å². The largest absolute Gasteiger partial charge is 0.446 e. The highest BCUT2D eigenvalue weighted by Gasteiger charge is 2.30. The first kappa shape index (κ1) is 23.4. The molecule has 11 heteroatoms. The fraction of sp³-hybridized carbons (Fsp3) is 0.579. The van der Waals surface area contributed by atoms with Crippen molar-refractivity contribution >= 4 is 17.8 Å². The maximum Gasteiger partial charge on any atom is 0.407 e. The van der Waals surface area contributed by atoms with Crippen LogP contribution in [0.3, 0.4) is 0 Å². The summed E-state index contributed by atoms with van der Waals surface area (Å²) < 4.78 is 12.0. The van der Waals surface area contributed by atoms with E-state index in [1.807, 2.05) is 19.9 Å². The zero-order chi connectivity index (χ0) is 21.0. The van der Waals surface area contributed by atoms with Crippen LogP contribution in [-0.4, -0.2) is 56.7 Å². The fourth-order valence-corrected chi connectivity index (χ4v) is 3.50. The molecule has 30 heavy (non-hydrogen) atoms. The van der Waals surface area contributed by atoms with Crippen LogP contribution < -0.4 is 10.6 Å². The molecule has 11 nitrogen and oxygen atoms in total. The van der Waals surface area contributed by atoms with Gasteiger partial charge in [-0.15, -0.1) is 0 Å². The van der Waals surface area contributed by atoms with Gasteiger partial charge < -0.3 is 25.6 Å². The molecule has 3 rings (SSSR count). The minimum atomic E-state index is -0.382. The van der Waals surface area contributed by atoms with E-state index >= 15 is 0 Å². The topological polar surface area (TPSA) is 155 Å². The molecule has 2 atom stereocenters. The van der Waals surface area contributed by atoms with Crippen molar-refractivity contribution in [1.82, 2.24) is 25.3 Å². The number of hydrogen-bond donors (Lipinski definition) is 3. The Bertz CT molecular complexity index is 861. The van der Waals surface area contributed by atoms with Crippen LogP contribution in [0.1, 0.15) is 60.9 Å². The maximum atomic E-state index is 12.5. The number of carbonyl (C=O) groups is 2. The summed E-state index contributed by atoms with van der Waals surface area (Å²) in [5, 5.41) is 16.9. The van der Waals surface area contributed by atoms with E-state index < -0.39 is 0 Å². The first-order valence-corrected chi connectivity index (χ1v) is 9.71. The van der Waals surface area contributed by atoms with Crippen molar-refractivity contribution < 1.29 is 24.5 Å². The number of carbonyl (C=O) groups excluding carboxylic acids is 2. The molecule has 2 amide bonds. The molecule has 1 fully saturated rings. The minimum Gasteiger partial charge on any atom is -0.446 e. The molecule has 5 N–H and O–H groups in total. The smallest absolute Gasteiger partial charge is 0.407 e. The number of methoxy groups -OCH3 is 1. The number of ether oxygens (including phenoxy) is 2. The van der Waals surface area contributed by atoms with Gasteiger partial charge in [0.15, 0.2) is 5.82 Å². The SMILES string of the molecule is COCc1cc(C(=O)Nc2cc([C@H]3CC[C@@H](OC(=O)NC(C)C)C3)[nH]n2)n(C)n1.O.